The number of alkyl halides is 3. The highest BCUT2D eigenvalue weighted by atomic mass is 19.4. The van der Waals surface area contributed by atoms with Crippen LogP contribution in [-0.2, 0) is 10.9 Å². The molecule has 16 heavy (non-hydrogen) atoms. The van der Waals surface area contributed by atoms with Crippen molar-refractivity contribution in [3.63, 3.8) is 0 Å². The fourth-order valence-electron chi connectivity index (χ4n) is 1.40. The van der Waals surface area contributed by atoms with Crippen molar-refractivity contribution in [2.75, 3.05) is 0 Å². The number of carbonyl (C=O) groups is 2. The minimum Gasteiger partial charge on any atom is -0.386 e. The Morgan fingerprint density at radius 2 is 1.69 bits per heavy atom. The maximum absolute atomic E-state index is 12.8. The highest BCUT2D eigenvalue weighted by molar-refractivity contribution is 6.15. The predicted molar refractivity (Wildman–Crippen MR) is 41.1 cm³/mol. The lowest BCUT2D eigenvalue weighted by Gasteiger charge is -2.08. The van der Waals surface area contributed by atoms with Crippen LogP contribution in [0.1, 0.15) is 26.3 Å². The average molecular weight is 234 g/mol. The highest BCUT2D eigenvalue weighted by Gasteiger charge is 2.42. The van der Waals surface area contributed by atoms with Gasteiger partial charge in [0.15, 0.2) is 0 Å². The van der Waals surface area contributed by atoms with Gasteiger partial charge in [0, 0.05) is 0 Å². The molecule has 0 N–H and O–H groups in total. The fourth-order valence-corrected chi connectivity index (χ4v) is 1.40. The smallest absolute Gasteiger partial charge is 0.386 e. The number of ether oxygens (including phenoxy) is 1. The molecule has 1 aromatic carbocycles. The minimum atomic E-state index is -4.92. The molecular weight excluding hydrogens is 232 g/mol. The Hall–Kier alpha value is -1.92. The van der Waals surface area contributed by atoms with E-state index in [4.69, 9.17) is 0 Å². The first-order chi connectivity index (χ1) is 7.30. The second kappa shape index (κ2) is 3.03. The van der Waals surface area contributed by atoms with Crippen molar-refractivity contribution >= 4 is 11.9 Å². The normalized spacial score (nSPS) is 15.0. The van der Waals surface area contributed by atoms with Crippen LogP contribution >= 0.6 is 0 Å². The Labute approximate surface area is 85.6 Å². The second-order valence-corrected chi connectivity index (χ2v) is 3.05. The zero-order chi connectivity index (χ0) is 12.1. The molecular formula is C9H2F4O3. The maximum atomic E-state index is 12.8. The van der Waals surface area contributed by atoms with Gasteiger partial charge in [-0.25, -0.2) is 14.0 Å². The van der Waals surface area contributed by atoms with Gasteiger partial charge in [-0.1, -0.05) is 0 Å². The molecule has 0 amide bonds. The van der Waals surface area contributed by atoms with Gasteiger partial charge < -0.3 is 4.74 Å². The number of hydrogen-bond acceptors (Lipinski definition) is 3. The molecule has 0 aliphatic carbocycles. The van der Waals surface area contributed by atoms with Gasteiger partial charge in [0.2, 0.25) is 0 Å². The Balaban J connectivity index is 2.78. The third-order valence-corrected chi connectivity index (χ3v) is 2.02. The molecule has 0 bridgehead atoms. The van der Waals surface area contributed by atoms with Gasteiger partial charge in [-0.3, -0.25) is 0 Å². The topological polar surface area (TPSA) is 43.4 Å². The third kappa shape index (κ3) is 1.44. The van der Waals surface area contributed by atoms with Gasteiger partial charge in [-0.05, 0) is 12.1 Å². The molecule has 0 saturated carbocycles. The number of esters is 2. The summed E-state index contributed by atoms with van der Waals surface area (Å²) in [6.45, 7) is 0. The number of cyclic esters (lactones) is 2. The molecule has 1 aliphatic heterocycles. The molecule has 2 rings (SSSR count). The number of rotatable bonds is 0. The van der Waals surface area contributed by atoms with Crippen molar-refractivity contribution in [3.05, 3.63) is 34.6 Å². The molecule has 0 atom stereocenters. The lowest BCUT2D eigenvalue weighted by molar-refractivity contribution is -0.138. The molecule has 0 aromatic heterocycles. The second-order valence-electron chi connectivity index (χ2n) is 3.05. The van der Waals surface area contributed by atoms with Gasteiger partial charge in [-0.2, -0.15) is 13.2 Å². The molecule has 7 heteroatoms. The summed E-state index contributed by atoms with van der Waals surface area (Å²) in [6.07, 6.45) is -4.92. The van der Waals surface area contributed by atoms with E-state index >= 15 is 0 Å². The molecule has 1 aromatic rings. The first-order valence-electron chi connectivity index (χ1n) is 3.98. The summed E-state index contributed by atoms with van der Waals surface area (Å²) in [4.78, 5) is 21.9. The van der Waals surface area contributed by atoms with Gasteiger partial charge in [0.1, 0.15) is 5.82 Å². The summed E-state index contributed by atoms with van der Waals surface area (Å²) < 4.78 is 54.1. The van der Waals surface area contributed by atoms with Crippen LogP contribution in [0.5, 0.6) is 0 Å². The molecule has 1 aliphatic rings. The Morgan fingerprint density at radius 1 is 1.06 bits per heavy atom. The standard InChI is InChI=1S/C9H2F4O3/c10-3-1-4-6(8(15)16-7(4)14)5(2-3)9(11,12)13/h1-2H. The summed E-state index contributed by atoms with van der Waals surface area (Å²) in [5.74, 6) is -3.94. The monoisotopic (exact) mass is 234 g/mol. The molecule has 0 fully saturated rings. The van der Waals surface area contributed by atoms with E-state index in [2.05, 4.69) is 4.74 Å². The lowest BCUT2D eigenvalue weighted by atomic mass is 10.0. The minimum absolute atomic E-state index is 0.151. The van der Waals surface area contributed by atoms with E-state index in [0.717, 1.165) is 0 Å². The number of benzene rings is 1. The average Bonchev–Trinajstić information content (AvgIpc) is 2.40. The quantitative estimate of drug-likeness (QED) is 0.392. The van der Waals surface area contributed by atoms with E-state index in [0.29, 0.717) is 6.07 Å². The van der Waals surface area contributed by atoms with Gasteiger partial charge in [-0.15, -0.1) is 0 Å². The Bertz CT molecular complexity index is 504. The van der Waals surface area contributed by atoms with Crippen LogP contribution in [0.3, 0.4) is 0 Å². The van der Waals surface area contributed by atoms with Crippen molar-refractivity contribution in [1.29, 1.82) is 0 Å². The predicted octanol–water partition coefficient (Wildman–Crippen LogP) is 2.16. The summed E-state index contributed by atoms with van der Waals surface area (Å²) in [5.41, 5.74) is -3.13. The summed E-state index contributed by atoms with van der Waals surface area (Å²) in [6, 6.07) is 0.691. The molecule has 1 heterocycles. The van der Waals surface area contributed by atoms with Crippen molar-refractivity contribution < 1.29 is 31.9 Å². The van der Waals surface area contributed by atoms with Crippen LogP contribution in [0.2, 0.25) is 0 Å². The highest BCUT2D eigenvalue weighted by Crippen LogP contribution is 2.36. The van der Waals surface area contributed by atoms with Crippen molar-refractivity contribution in [3.8, 4) is 0 Å². The van der Waals surface area contributed by atoms with Crippen molar-refractivity contribution in [1.82, 2.24) is 0 Å². The zero-order valence-corrected chi connectivity index (χ0v) is 7.39. The van der Waals surface area contributed by atoms with E-state index in [1.165, 1.54) is 0 Å². The maximum Gasteiger partial charge on any atom is 0.417 e. The van der Waals surface area contributed by atoms with Crippen LogP contribution in [0, 0.1) is 5.82 Å². The molecule has 0 saturated heterocycles. The molecule has 3 nitrogen and oxygen atoms in total. The first kappa shape index (κ1) is 10.6. The number of halogens is 4. The van der Waals surface area contributed by atoms with Crippen LogP contribution in [0.15, 0.2) is 12.1 Å². The van der Waals surface area contributed by atoms with Crippen LogP contribution in [0.25, 0.3) is 0 Å². The SMILES string of the molecule is O=C1OC(=O)c2c1cc(F)cc2C(F)(F)F. The fraction of sp³-hybridized carbons (Fsp3) is 0.111. The Morgan fingerprint density at radius 3 is 2.25 bits per heavy atom. The number of fused-ring (bicyclic) bond motifs is 1. The van der Waals surface area contributed by atoms with Crippen molar-refractivity contribution in [2.45, 2.75) is 6.18 Å². The van der Waals surface area contributed by atoms with E-state index < -0.39 is 40.6 Å². The zero-order valence-electron chi connectivity index (χ0n) is 7.39. The van der Waals surface area contributed by atoms with E-state index in [1.54, 1.807) is 0 Å². The van der Waals surface area contributed by atoms with Crippen LogP contribution < -0.4 is 0 Å². The summed E-state index contributed by atoms with van der Waals surface area (Å²) in [5, 5.41) is 0. The lowest BCUT2D eigenvalue weighted by Crippen LogP contribution is -2.12. The first-order valence-corrected chi connectivity index (χ1v) is 3.98. The van der Waals surface area contributed by atoms with E-state index in [1.807, 2.05) is 0 Å². The summed E-state index contributed by atoms with van der Waals surface area (Å²) >= 11 is 0. The van der Waals surface area contributed by atoms with Gasteiger partial charge >= 0.3 is 18.1 Å². The number of hydrogen-bond donors (Lipinski definition) is 0. The van der Waals surface area contributed by atoms with Gasteiger partial charge in [0.05, 0.1) is 16.7 Å². The van der Waals surface area contributed by atoms with Crippen molar-refractivity contribution in [2.24, 2.45) is 0 Å². The number of carbonyl (C=O) groups excluding carboxylic acids is 2. The molecule has 0 unspecified atom stereocenters. The van der Waals surface area contributed by atoms with Gasteiger partial charge in [0.25, 0.3) is 0 Å². The Kier molecular flexibility index (Phi) is 2.01. The van der Waals surface area contributed by atoms with Crippen LogP contribution in [-0.4, -0.2) is 11.9 Å². The molecule has 0 radical (unpaired) electrons. The largest absolute Gasteiger partial charge is 0.417 e. The van der Waals surface area contributed by atoms with Crippen LogP contribution in [0.4, 0.5) is 17.6 Å². The van der Waals surface area contributed by atoms with E-state index in [9.17, 15) is 27.2 Å². The molecule has 0 spiro atoms. The molecule has 84 valence electrons. The third-order valence-electron chi connectivity index (χ3n) is 2.02. The van der Waals surface area contributed by atoms with E-state index in [-0.39, 0.29) is 6.07 Å². The summed E-state index contributed by atoms with van der Waals surface area (Å²) in [7, 11) is 0.